The van der Waals surface area contributed by atoms with Crippen LogP contribution in [0.5, 0.6) is 5.75 Å². The monoisotopic (exact) mass is 456 g/mol. The Morgan fingerprint density at radius 2 is 2.06 bits per heavy atom. The molecule has 9 heteroatoms. The van der Waals surface area contributed by atoms with Crippen LogP contribution in [0.15, 0.2) is 65.8 Å². The van der Waals surface area contributed by atoms with Gasteiger partial charge >= 0.3 is 0 Å². The number of hydrogen-bond donors (Lipinski definition) is 0. The van der Waals surface area contributed by atoms with Crippen molar-refractivity contribution in [3.63, 3.8) is 0 Å². The minimum absolute atomic E-state index is 0.0485. The number of hydrogen-bond acceptors (Lipinski definition) is 6. The first-order valence-electron chi connectivity index (χ1n) is 9.74. The van der Waals surface area contributed by atoms with Gasteiger partial charge in [0.25, 0.3) is 0 Å². The van der Waals surface area contributed by atoms with Crippen molar-refractivity contribution in [3.05, 3.63) is 66.7 Å². The zero-order chi connectivity index (χ0) is 21.6. The van der Waals surface area contributed by atoms with Crippen LogP contribution in [0.3, 0.4) is 0 Å². The second-order valence-electron chi connectivity index (χ2n) is 6.67. The lowest BCUT2D eigenvalue weighted by molar-refractivity contribution is -0.118. The summed E-state index contributed by atoms with van der Waals surface area (Å²) >= 11 is 2.93. The van der Waals surface area contributed by atoms with Crippen LogP contribution >= 0.6 is 23.1 Å². The molecular weight excluding hydrogens is 435 g/mol. The van der Waals surface area contributed by atoms with Crippen LogP contribution in [0.2, 0.25) is 0 Å². The summed E-state index contributed by atoms with van der Waals surface area (Å²) in [6.45, 7) is 0.942. The molecule has 2 heterocycles. The molecule has 2 aromatic carbocycles. The van der Waals surface area contributed by atoms with Gasteiger partial charge < -0.3 is 4.74 Å². The van der Waals surface area contributed by atoms with E-state index in [1.54, 1.807) is 40.7 Å². The molecule has 0 bridgehead atoms. The van der Waals surface area contributed by atoms with Crippen molar-refractivity contribution in [2.24, 2.45) is 0 Å². The number of methoxy groups -OCH3 is 1. The third-order valence-electron chi connectivity index (χ3n) is 4.65. The lowest BCUT2D eigenvalue weighted by atomic mass is 10.3. The standard InChI is InChI=1S/C22H21FN4O2S2/c1-29-16-6-8-17(9-7-16)30-15-10-20(28)27(14-13-26-12-3-11-24-26)22-25-21-18(23)4-2-5-19(21)31-22/h2-9,11-12H,10,13-15H2,1H3. The predicted molar refractivity (Wildman–Crippen MR) is 122 cm³/mol. The van der Waals surface area contributed by atoms with Crippen molar-refractivity contribution in [1.82, 2.24) is 14.8 Å². The number of carbonyl (C=O) groups excluding carboxylic acids is 1. The molecule has 160 valence electrons. The number of benzene rings is 2. The number of thioether (sulfide) groups is 1. The van der Waals surface area contributed by atoms with Crippen LogP contribution in [-0.4, -0.2) is 40.1 Å². The quantitative estimate of drug-likeness (QED) is 0.337. The Labute approximate surface area is 187 Å². The molecule has 4 aromatic rings. The molecule has 31 heavy (non-hydrogen) atoms. The molecule has 0 N–H and O–H groups in total. The van der Waals surface area contributed by atoms with Gasteiger partial charge in [-0.15, -0.1) is 11.8 Å². The van der Waals surface area contributed by atoms with Gasteiger partial charge in [-0.1, -0.05) is 17.4 Å². The first-order valence-corrected chi connectivity index (χ1v) is 11.5. The fraction of sp³-hybridized carbons (Fsp3) is 0.227. The summed E-state index contributed by atoms with van der Waals surface area (Å²) in [7, 11) is 1.63. The van der Waals surface area contributed by atoms with Gasteiger partial charge in [0.1, 0.15) is 17.1 Å². The van der Waals surface area contributed by atoms with Crippen LogP contribution in [-0.2, 0) is 11.3 Å². The number of anilines is 1. The highest BCUT2D eigenvalue weighted by molar-refractivity contribution is 7.99. The van der Waals surface area contributed by atoms with E-state index in [-0.39, 0.29) is 11.7 Å². The van der Waals surface area contributed by atoms with Gasteiger partial charge in [-0.3, -0.25) is 14.4 Å². The van der Waals surface area contributed by atoms with Crippen LogP contribution in [0.1, 0.15) is 6.42 Å². The SMILES string of the molecule is COc1ccc(SCCC(=O)N(CCn2cccn2)c2nc3c(F)cccc3s2)cc1. The fourth-order valence-corrected chi connectivity index (χ4v) is 4.91. The van der Waals surface area contributed by atoms with Crippen molar-refractivity contribution in [2.75, 3.05) is 24.3 Å². The number of para-hydroxylation sites is 1. The molecule has 0 atom stereocenters. The molecular formula is C22H21FN4O2S2. The Hall–Kier alpha value is -2.91. The summed E-state index contributed by atoms with van der Waals surface area (Å²) in [6, 6.07) is 14.4. The van der Waals surface area contributed by atoms with Crippen LogP contribution in [0.25, 0.3) is 10.2 Å². The number of aromatic nitrogens is 3. The topological polar surface area (TPSA) is 60.2 Å². The minimum atomic E-state index is -0.380. The van der Waals surface area contributed by atoms with Gasteiger partial charge in [0.05, 0.1) is 18.4 Å². The van der Waals surface area contributed by atoms with Gasteiger partial charge in [0.2, 0.25) is 5.91 Å². The van der Waals surface area contributed by atoms with E-state index in [1.807, 2.05) is 42.6 Å². The van der Waals surface area contributed by atoms with Crippen molar-refractivity contribution >= 4 is 44.4 Å². The predicted octanol–water partition coefficient (Wildman–Crippen LogP) is 4.86. The second kappa shape index (κ2) is 9.93. The Kier molecular flexibility index (Phi) is 6.83. The molecule has 1 amide bonds. The molecule has 0 saturated heterocycles. The van der Waals surface area contributed by atoms with Crippen LogP contribution < -0.4 is 9.64 Å². The van der Waals surface area contributed by atoms with Gasteiger partial charge in [-0.25, -0.2) is 9.37 Å². The molecule has 6 nitrogen and oxygen atoms in total. The van der Waals surface area contributed by atoms with Crippen LogP contribution in [0.4, 0.5) is 9.52 Å². The van der Waals surface area contributed by atoms with E-state index in [4.69, 9.17) is 4.74 Å². The summed E-state index contributed by atoms with van der Waals surface area (Å²) in [5, 5.41) is 4.71. The maximum atomic E-state index is 14.1. The molecule has 0 radical (unpaired) electrons. The zero-order valence-electron chi connectivity index (χ0n) is 16.9. The maximum absolute atomic E-state index is 14.1. The molecule has 0 aliphatic heterocycles. The van der Waals surface area contributed by atoms with E-state index in [9.17, 15) is 9.18 Å². The first kappa shape index (κ1) is 21.3. The van der Waals surface area contributed by atoms with E-state index in [0.717, 1.165) is 15.3 Å². The van der Waals surface area contributed by atoms with Gasteiger partial charge in [-0.2, -0.15) is 5.10 Å². The Balaban J connectivity index is 1.46. The lowest BCUT2D eigenvalue weighted by Crippen LogP contribution is -2.34. The number of thiazole rings is 1. The Bertz CT molecular complexity index is 1150. The van der Waals surface area contributed by atoms with Gasteiger partial charge in [0, 0.05) is 36.0 Å². The van der Waals surface area contributed by atoms with Crippen molar-refractivity contribution < 1.29 is 13.9 Å². The number of nitrogens with zero attached hydrogens (tertiary/aromatic N) is 4. The smallest absolute Gasteiger partial charge is 0.229 e. The number of carbonyl (C=O) groups is 1. The second-order valence-corrected chi connectivity index (χ2v) is 8.85. The van der Waals surface area contributed by atoms with Crippen molar-refractivity contribution in [1.29, 1.82) is 0 Å². The fourth-order valence-electron chi connectivity index (χ4n) is 3.04. The highest BCUT2D eigenvalue weighted by atomic mass is 32.2. The third-order valence-corrected chi connectivity index (χ3v) is 6.70. The molecule has 0 saturated carbocycles. The summed E-state index contributed by atoms with van der Waals surface area (Å²) < 4.78 is 21.8. The number of rotatable bonds is 9. The summed E-state index contributed by atoms with van der Waals surface area (Å²) in [4.78, 5) is 20.2. The van der Waals surface area contributed by atoms with Gasteiger partial charge in [0.15, 0.2) is 5.13 Å². The minimum Gasteiger partial charge on any atom is -0.497 e. The molecule has 0 spiro atoms. The van der Waals surface area contributed by atoms with Crippen molar-refractivity contribution in [3.8, 4) is 5.75 Å². The molecule has 4 rings (SSSR count). The number of fused-ring (bicyclic) bond motifs is 1. The normalized spacial score (nSPS) is 11.0. The van der Waals surface area contributed by atoms with Crippen LogP contribution in [0, 0.1) is 5.82 Å². The number of ether oxygens (including phenoxy) is 1. The number of halogens is 1. The summed E-state index contributed by atoms with van der Waals surface area (Å²) in [6.07, 6.45) is 3.89. The molecule has 0 aliphatic carbocycles. The lowest BCUT2D eigenvalue weighted by Gasteiger charge is -2.20. The highest BCUT2D eigenvalue weighted by Gasteiger charge is 2.20. The van der Waals surface area contributed by atoms with Gasteiger partial charge in [-0.05, 0) is 42.5 Å². The average molecular weight is 457 g/mol. The Morgan fingerprint density at radius 1 is 1.23 bits per heavy atom. The van der Waals surface area contributed by atoms with E-state index >= 15 is 0 Å². The molecule has 0 fully saturated rings. The summed E-state index contributed by atoms with van der Waals surface area (Å²) in [5.74, 6) is 0.998. The number of amides is 1. The molecule has 0 unspecified atom stereocenters. The summed E-state index contributed by atoms with van der Waals surface area (Å²) in [5.41, 5.74) is 0.298. The van der Waals surface area contributed by atoms with E-state index in [0.29, 0.717) is 35.9 Å². The highest BCUT2D eigenvalue weighted by Crippen LogP contribution is 2.31. The zero-order valence-corrected chi connectivity index (χ0v) is 18.5. The molecule has 2 aromatic heterocycles. The first-order chi connectivity index (χ1) is 15.1. The average Bonchev–Trinajstić information content (AvgIpc) is 3.45. The van der Waals surface area contributed by atoms with Crippen molar-refractivity contribution in [2.45, 2.75) is 17.9 Å². The van der Waals surface area contributed by atoms with E-state index in [1.165, 1.54) is 17.4 Å². The molecule has 0 aliphatic rings. The van der Waals surface area contributed by atoms with E-state index < -0.39 is 0 Å². The Morgan fingerprint density at radius 3 is 2.77 bits per heavy atom. The largest absolute Gasteiger partial charge is 0.497 e. The van der Waals surface area contributed by atoms with E-state index in [2.05, 4.69) is 10.1 Å². The maximum Gasteiger partial charge on any atom is 0.229 e. The third kappa shape index (κ3) is 5.23.